The molecule has 2 N–H and O–H groups in total. The summed E-state index contributed by atoms with van der Waals surface area (Å²) < 4.78 is 0. The number of aromatic hydroxyl groups is 1. The zero-order chi connectivity index (χ0) is 27.9. The summed E-state index contributed by atoms with van der Waals surface area (Å²) in [5, 5.41) is 16.8. The molecule has 204 valence electrons. The minimum atomic E-state index is -0.186. The molecule has 2 atom stereocenters. The lowest BCUT2D eigenvalue weighted by Gasteiger charge is -2.33. The van der Waals surface area contributed by atoms with E-state index in [1.54, 1.807) is 0 Å². The number of hydrogen-bond donors (Lipinski definition) is 2. The Bertz CT molecular complexity index is 1340. The van der Waals surface area contributed by atoms with Gasteiger partial charge in [-0.05, 0) is 67.2 Å². The van der Waals surface area contributed by atoms with Crippen LogP contribution in [0.2, 0.25) is 0 Å². The molecule has 0 aliphatic rings. The summed E-state index contributed by atoms with van der Waals surface area (Å²) in [7, 11) is 0.543. The molecule has 4 aromatic carbocycles. The van der Waals surface area contributed by atoms with E-state index in [4.69, 9.17) is 0 Å². The van der Waals surface area contributed by atoms with Gasteiger partial charge in [-0.2, -0.15) is 0 Å². The van der Waals surface area contributed by atoms with Gasteiger partial charge in [0.25, 0.3) is 0 Å². The molecule has 0 aliphatic carbocycles. The van der Waals surface area contributed by atoms with Gasteiger partial charge in [0, 0.05) is 28.4 Å². The van der Waals surface area contributed by atoms with E-state index in [0.29, 0.717) is 14.3 Å². The fourth-order valence-electron chi connectivity index (χ4n) is 5.14. The van der Waals surface area contributed by atoms with Crippen LogP contribution in [0.1, 0.15) is 76.1 Å². The molecule has 39 heavy (non-hydrogen) atoms. The van der Waals surface area contributed by atoms with E-state index in [9.17, 15) is 5.11 Å². The van der Waals surface area contributed by atoms with E-state index in [1.165, 1.54) is 22.0 Å². The topological polar surface area (TPSA) is 32.3 Å². The molecule has 4 aromatic rings. The fraction of sp³-hybridized carbons (Fsp3) is 0.333. The Balaban J connectivity index is 1.82. The third kappa shape index (κ3) is 7.81. The van der Waals surface area contributed by atoms with Gasteiger partial charge in [-0.1, -0.05) is 126 Å². The first kappa shape index (κ1) is 29.1. The molecule has 0 saturated heterocycles. The summed E-state index contributed by atoms with van der Waals surface area (Å²) in [4.78, 5) is 0. The van der Waals surface area contributed by atoms with E-state index in [1.807, 2.05) is 6.07 Å². The van der Waals surface area contributed by atoms with Crippen LogP contribution >= 0.6 is 8.58 Å². The van der Waals surface area contributed by atoms with Crippen molar-refractivity contribution in [2.24, 2.45) is 0 Å². The van der Waals surface area contributed by atoms with Crippen LogP contribution in [0.3, 0.4) is 0 Å². The summed E-state index contributed by atoms with van der Waals surface area (Å²) in [5.41, 5.74) is 6.97. The second-order valence-electron chi connectivity index (χ2n) is 11.9. The van der Waals surface area contributed by atoms with Crippen molar-refractivity contribution in [1.82, 2.24) is 5.32 Å². The maximum absolute atomic E-state index is 11.9. The van der Waals surface area contributed by atoms with Crippen LogP contribution in [-0.4, -0.2) is 10.6 Å². The van der Waals surface area contributed by atoms with Crippen molar-refractivity contribution in [2.45, 2.75) is 77.5 Å². The van der Waals surface area contributed by atoms with Crippen LogP contribution in [0.5, 0.6) is 5.75 Å². The van der Waals surface area contributed by atoms with Gasteiger partial charge in [-0.3, -0.25) is 0 Å². The highest BCUT2D eigenvalue weighted by Crippen LogP contribution is 2.51. The molecule has 2 nitrogen and oxygen atoms in total. The van der Waals surface area contributed by atoms with Crippen molar-refractivity contribution in [3.8, 4) is 16.9 Å². The van der Waals surface area contributed by atoms with Crippen molar-refractivity contribution in [3.05, 3.63) is 119 Å². The van der Waals surface area contributed by atoms with Gasteiger partial charge in [-0.25, -0.2) is 0 Å². The first-order valence-corrected chi connectivity index (χ1v) is 15.3. The molecular weight excluding hydrogens is 493 g/mol. The van der Waals surface area contributed by atoms with Gasteiger partial charge in [0.05, 0.1) is 0 Å². The van der Waals surface area contributed by atoms with Crippen molar-refractivity contribution >= 4 is 13.9 Å². The van der Waals surface area contributed by atoms with Gasteiger partial charge >= 0.3 is 0 Å². The molecule has 0 spiro atoms. The molecule has 0 fully saturated rings. The summed E-state index contributed by atoms with van der Waals surface area (Å²) in [6, 6.07) is 34.3. The average molecular weight is 538 g/mol. The van der Waals surface area contributed by atoms with Crippen molar-refractivity contribution in [3.63, 3.8) is 0 Å². The van der Waals surface area contributed by atoms with E-state index >= 15 is 0 Å². The minimum absolute atomic E-state index is 0.0519. The van der Waals surface area contributed by atoms with Crippen LogP contribution in [0.25, 0.3) is 11.1 Å². The van der Waals surface area contributed by atoms with E-state index in [0.717, 1.165) is 48.9 Å². The van der Waals surface area contributed by atoms with Crippen LogP contribution in [0.15, 0.2) is 97.1 Å². The third-order valence-electron chi connectivity index (χ3n) is 7.37. The number of nitrogens with one attached hydrogen (secondary N) is 1. The lowest BCUT2D eigenvalue weighted by atomic mass is 9.87. The summed E-state index contributed by atoms with van der Waals surface area (Å²) in [5.74, 6) is 0.425. The molecule has 0 heterocycles. The van der Waals surface area contributed by atoms with Crippen LogP contribution in [-0.2, 0) is 18.1 Å². The number of rotatable bonds is 11. The molecule has 0 radical (unpaired) electrons. The van der Waals surface area contributed by atoms with Crippen molar-refractivity contribution in [1.29, 1.82) is 0 Å². The quantitative estimate of drug-likeness (QED) is 0.187. The van der Waals surface area contributed by atoms with Crippen molar-refractivity contribution in [2.75, 3.05) is 0 Å². The zero-order valence-corrected chi connectivity index (χ0v) is 25.2. The lowest BCUT2D eigenvalue weighted by Crippen LogP contribution is -2.36. The predicted octanol–water partition coefficient (Wildman–Crippen LogP) is 8.95. The average Bonchev–Trinajstić information content (AvgIpc) is 2.93. The Labute approximate surface area is 237 Å². The lowest BCUT2D eigenvalue weighted by molar-refractivity contribution is 0.425. The maximum atomic E-state index is 11.9. The molecule has 4 rings (SSSR count). The second kappa shape index (κ2) is 12.9. The smallest absolute Gasteiger partial charge is 0.127 e. The number of benzene rings is 4. The zero-order valence-electron chi connectivity index (χ0n) is 24.2. The Morgan fingerprint density at radius 2 is 1.41 bits per heavy atom. The molecule has 0 bridgehead atoms. The third-order valence-corrected chi connectivity index (χ3v) is 9.20. The first-order chi connectivity index (χ1) is 18.7. The number of hydrogen-bond acceptors (Lipinski definition) is 2. The van der Waals surface area contributed by atoms with Crippen LogP contribution < -0.4 is 10.6 Å². The standard InChI is InChI=1S/C36H44NOP/c1-6-7-22-36(5,39-33-21-15-14-20-30(33)26-37-35(2,3)4)32-25-28(23-27-16-10-8-11-17-27)24-31(34(32)38)29-18-12-9-13-19-29/h8-21,24-25,37-39H,6-7,22-23,26H2,1-5H3. The highest BCUT2D eigenvalue weighted by molar-refractivity contribution is 7.48. The van der Waals surface area contributed by atoms with Crippen LogP contribution in [0, 0.1) is 0 Å². The van der Waals surface area contributed by atoms with Crippen molar-refractivity contribution < 1.29 is 5.11 Å². The number of phenolic OH excluding ortho intramolecular Hbond substituents is 1. The monoisotopic (exact) mass is 537 g/mol. The van der Waals surface area contributed by atoms with E-state index in [2.05, 4.69) is 131 Å². The van der Waals surface area contributed by atoms with Crippen LogP contribution in [0.4, 0.5) is 0 Å². The van der Waals surface area contributed by atoms with E-state index in [-0.39, 0.29) is 10.7 Å². The predicted molar refractivity (Wildman–Crippen MR) is 171 cm³/mol. The highest BCUT2D eigenvalue weighted by Gasteiger charge is 2.32. The molecule has 0 amide bonds. The first-order valence-electron chi connectivity index (χ1n) is 14.3. The van der Waals surface area contributed by atoms with Gasteiger partial charge in [0.2, 0.25) is 0 Å². The Hall–Kier alpha value is -2.93. The fourth-order valence-corrected chi connectivity index (χ4v) is 6.87. The van der Waals surface area contributed by atoms with Gasteiger partial charge in [0.15, 0.2) is 0 Å². The maximum Gasteiger partial charge on any atom is 0.127 e. The Morgan fingerprint density at radius 1 is 0.769 bits per heavy atom. The normalized spacial score (nSPS) is 13.6. The molecule has 3 heteroatoms. The second-order valence-corrected chi connectivity index (χ2v) is 13.8. The summed E-state index contributed by atoms with van der Waals surface area (Å²) in [6.45, 7) is 12.1. The number of phenols is 1. The summed E-state index contributed by atoms with van der Waals surface area (Å²) >= 11 is 0. The molecule has 0 saturated carbocycles. The van der Waals surface area contributed by atoms with Gasteiger partial charge in [-0.15, -0.1) is 0 Å². The molecule has 0 aliphatic heterocycles. The van der Waals surface area contributed by atoms with Gasteiger partial charge in [0.1, 0.15) is 5.75 Å². The summed E-state index contributed by atoms with van der Waals surface area (Å²) in [6.07, 6.45) is 4.12. The van der Waals surface area contributed by atoms with Gasteiger partial charge < -0.3 is 10.4 Å². The Morgan fingerprint density at radius 3 is 2.08 bits per heavy atom. The van der Waals surface area contributed by atoms with E-state index < -0.39 is 0 Å². The Kier molecular flexibility index (Phi) is 9.65. The largest absolute Gasteiger partial charge is 0.507 e. The molecule has 0 aromatic heterocycles. The SMILES string of the molecule is CCCCC(C)(Pc1ccccc1CNC(C)(C)C)c1cc(Cc2ccccc2)cc(-c2ccccc2)c1O. The highest BCUT2D eigenvalue weighted by atomic mass is 31.1. The molecular formula is C36H44NOP. The number of unbranched alkanes of at least 4 members (excludes halogenated alkanes) is 1. The minimum Gasteiger partial charge on any atom is -0.507 e. The molecule has 2 unspecified atom stereocenters.